The van der Waals surface area contributed by atoms with E-state index in [1.165, 1.54) is 53.2 Å². The molecular weight excluding hydrogens is 1020 g/mol. The number of amides is 3. The predicted molar refractivity (Wildman–Crippen MR) is 289 cm³/mol. The quantitative estimate of drug-likeness (QED) is 0.0454. The minimum atomic E-state index is -2.92. The molecule has 8 aromatic rings. The van der Waals surface area contributed by atoms with E-state index in [2.05, 4.69) is 25.9 Å². The third-order valence-corrected chi connectivity index (χ3v) is 13.0. The van der Waals surface area contributed by atoms with Gasteiger partial charge in [-0.1, -0.05) is 36.4 Å². The molecule has 3 amide bonds. The zero-order valence-electron chi connectivity index (χ0n) is 43.7. The molecule has 2 aliphatic rings. The number of benzene rings is 4. The number of imidazole rings is 2. The second-order valence-electron chi connectivity index (χ2n) is 20.4. The van der Waals surface area contributed by atoms with Crippen molar-refractivity contribution >= 4 is 52.1 Å². The molecule has 0 spiro atoms. The summed E-state index contributed by atoms with van der Waals surface area (Å²) in [4.78, 5) is 74.9. The van der Waals surface area contributed by atoms with Crippen LogP contribution in [0.3, 0.4) is 0 Å². The van der Waals surface area contributed by atoms with Crippen molar-refractivity contribution in [2.45, 2.75) is 90.8 Å². The Morgan fingerprint density at radius 3 is 1.56 bits per heavy atom. The fourth-order valence-electron chi connectivity index (χ4n) is 8.85. The van der Waals surface area contributed by atoms with E-state index in [9.17, 15) is 51.7 Å². The number of nitrogens with zero attached hydrogens (tertiary/aromatic N) is 5. The molecule has 0 bridgehead atoms. The molecule has 4 heterocycles. The first-order chi connectivity index (χ1) is 37.6. The predicted octanol–water partition coefficient (Wildman–Crippen LogP) is 11.0. The van der Waals surface area contributed by atoms with Crippen LogP contribution in [0.25, 0.3) is 33.8 Å². The van der Waals surface area contributed by atoms with Crippen LogP contribution in [-0.4, -0.2) is 102 Å². The molecule has 2 saturated carbocycles. The number of aryl methyl sites for hydroxylation is 2. The summed E-state index contributed by atoms with van der Waals surface area (Å²) < 4.78 is 62.2. The standard InChI is InChI=1S/C32H32F2N4O5.C27H24F2N4O3/c1-18-13-19(9-12-22(18)30(41)36-21-10-11-21)25-15-35-29-24(38(17-27(33)34)31(42)43-32(2,3)4)14-20(16-37(25)29)28(40)23-7-5-6-8-26(23)39;1-15-10-16(6-9-19(15)27(36)32-18-7-8-18)22-12-31-26-21(30-13-24(28)29)11-17(14-33(22)26)25(35)20-4-2-3-5-23(20)34/h5-9,12-16,21,27,39H,10-11,17H2,1-4H3,(H,36,41);2-6,9-12,14,18,24,30,34H,7-8,13H2,1H3,(H,32,36). The maximum atomic E-state index is 13.8. The number of phenols is 2. The van der Waals surface area contributed by atoms with E-state index in [-0.39, 0.29) is 74.7 Å². The van der Waals surface area contributed by atoms with Gasteiger partial charge in [-0.15, -0.1) is 0 Å². The molecule has 79 heavy (non-hydrogen) atoms. The molecule has 2 fully saturated rings. The van der Waals surface area contributed by atoms with Crippen molar-refractivity contribution in [1.29, 1.82) is 0 Å². The highest BCUT2D eigenvalue weighted by Crippen LogP contribution is 2.34. The number of hydrogen-bond acceptors (Lipinski definition) is 11. The topological polar surface area (TPSA) is 209 Å². The van der Waals surface area contributed by atoms with Crippen molar-refractivity contribution in [1.82, 2.24) is 29.4 Å². The number of ketones is 2. The van der Waals surface area contributed by atoms with Gasteiger partial charge in [0.05, 0.1) is 59.4 Å². The van der Waals surface area contributed by atoms with Gasteiger partial charge in [-0.3, -0.25) is 32.9 Å². The van der Waals surface area contributed by atoms with E-state index in [1.807, 2.05) is 13.0 Å². The molecule has 16 nitrogen and oxygen atoms in total. The lowest BCUT2D eigenvalue weighted by Crippen LogP contribution is -2.40. The Kier molecular flexibility index (Phi) is 15.6. The van der Waals surface area contributed by atoms with Crippen LogP contribution in [0.4, 0.5) is 33.7 Å². The zero-order chi connectivity index (χ0) is 56.4. The average Bonchev–Trinajstić information content (AvgIpc) is 4.52. The number of hydrogen-bond donors (Lipinski definition) is 5. The lowest BCUT2D eigenvalue weighted by atomic mass is 10.0. The Balaban J connectivity index is 0.000000195. The lowest BCUT2D eigenvalue weighted by molar-refractivity contribution is 0.0543. The molecule has 2 aliphatic carbocycles. The Labute approximate surface area is 451 Å². The normalized spacial score (nSPS) is 13.3. The van der Waals surface area contributed by atoms with Gasteiger partial charge in [0.1, 0.15) is 17.1 Å². The number of aromatic hydroxyl groups is 2. The number of anilines is 2. The van der Waals surface area contributed by atoms with Crippen LogP contribution >= 0.6 is 0 Å². The minimum Gasteiger partial charge on any atom is -0.507 e. The molecule has 0 aliphatic heterocycles. The largest absolute Gasteiger partial charge is 0.507 e. The summed E-state index contributed by atoms with van der Waals surface area (Å²) in [6, 6.07) is 25.9. The maximum Gasteiger partial charge on any atom is 0.415 e. The summed E-state index contributed by atoms with van der Waals surface area (Å²) in [6.45, 7) is 6.87. The molecule has 10 rings (SSSR count). The highest BCUT2D eigenvalue weighted by atomic mass is 19.3. The molecular formula is C59H56F4N8O8. The maximum absolute atomic E-state index is 13.8. The van der Waals surface area contributed by atoms with E-state index in [1.54, 1.807) is 99.1 Å². The van der Waals surface area contributed by atoms with E-state index < -0.39 is 49.2 Å². The van der Waals surface area contributed by atoms with Crippen LogP contribution < -0.4 is 20.9 Å². The Hall–Kier alpha value is -9.07. The number of fused-ring (bicyclic) bond motifs is 2. The third-order valence-electron chi connectivity index (χ3n) is 13.0. The number of rotatable bonds is 16. The number of phenolic OH excluding ortho intramolecular Hbond substituents is 2. The van der Waals surface area contributed by atoms with Gasteiger partial charge in [0.2, 0.25) is 0 Å². The van der Waals surface area contributed by atoms with Crippen LogP contribution in [0.15, 0.2) is 122 Å². The summed E-state index contributed by atoms with van der Waals surface area (Å²) in [7, 11) is 0. The third kappa shape index (κ3) is 12.5. The van der Waals surface area contributed by atoms with Crippen LogP contribution in [-0.2, 0) is 4.74 Å². The number of aromatic nitrogens is 4. The number of nitrogens with one attached hydrogen (secondary N) is 3. The number of pyridine rings is 2. The SMILES string of the molecule is Cc1cc(-c2cnc3c(N(CC(F)F)C(=O)OC(C)(C)C)cc(C(=O)c4ccccc4O)cn23)ccc1C(=O)NC1CC1.Cc1cc(-c2cnc3c(NCC(F)F)cc(C(=O)c4ccccc4O)cn23)ccc1C(=O)NC1CC1. The van der Waals surface area contributed by atoms with Crippen LogP contribution in [0.1, 0.15) is 110 Å². The van der Waals surface area contributed by atoms with Gasteiger partial charge in [0, 0.05) is 57.9 Å². The Bertz CT molecular complexity index is 3670. The minimum absolute atomic E-state index is 0.00554. The molecule has 4 aromatic heterocycles. The van der Waals surface area contributed by atoms with Gasteiger partial charge in [0.15, 0.2) is 22.9 Å². The molecule has 4 aromatic carbocycles. The number of ether oxygens (including phenoxy) is 1. The van der Waals surface area contributed by atoms with Gasteiger partial charge in [-0.2, -0.15) is 0 Å². The highest BCUT2D eigenvalue weighted by Gasteiger charge is 2.31. The van der Waals surface area contributed by atoms with Crippen LogP contribution in [0.5, 0.6) is 11.5 Å². The Morgan fingerprint density at radius 2 is 1.11 bits per heavy atom. The fourth-order valence-corrected chi connectivity index (χ4v) is 8.85. The summed E-state index contributed by atoms with van der Waals surface area (Å²) >= 11 is 0. The van der Waals surface area contributed by atoms with E-state index in [0.717, 1.165) is 41.7 Å². The Morgan fingerprint density at radius 1 is 0.646 bits per heavy atom. The number of para-hydroxylation sites is 2. The number of halogens is 4. The number of carbonyl (C=O) groups excluding carboxylic acids is 5. The molecule has 5 N–H and O–H groups in total. The smallest absolute Gasteiger partial charge is 0.415 e. The van der Waals surface area contributed by atoms with Gasteiger partial charge in [-0.25, -0.2) is 32.3 Å². The van der Waals surface area contributed by atoms with E-state index in [0.29, 0.717) is 39.3 Å². The number of carbonyl (C=O) groups is 5. The number of alkyl halides is 4. The first-order valence-corrected chi connectivity index (χ1v) is 25.5. The van der Waals surface area contributed by atoms with Crippen molar-refractivity contribution < 1.29 is 56.5 Å². The molecule has 408 valence electrons. The van der Waals surface area contributed by atoms with Crippen molar-refractivity contribution in [2.24, 2.45) is 0 Å². The molecule has 0 unspecified atom stereocenters. The molecule has 0 saturated heterocycles. The van der Waals surface area contributed by atoms with Crippen molar-refractivity contribution in [3.8, 4) is 34.0 Å². The zero-order valence-corrected chi connectivity index (χ0v) is 43.7. The summed E-state index contributed by atoms with van der Waals surface area (Å²) in [5, 5.41) is 29.2. The molecule has 0 radical (unpaired) electrons. The second-order valence-corrected chi connectivity index (χ2v) is 20.4. The van der Waals surface area contributed by atoms with Crippen LogP contribution in [0.2, 0.25) is 0 Å². The second kappa shape index (κ2) is 22.5. The van der Waals surface area contributed by atoms with Crippen molar-refractivity contribution in [3.63, 3.8) is 0 Å². The summed E-state index contributed by atoms with van der Waals surface area (Å²) in [5.41, 5.74) is 5.09. The fraction of sp³-hybridized carbons (Fsp3) is 0.271. The van der Waals surface area contributed by atoms with Gasteiger partial charge < -0.3 is 30.9 Å². The van der Waals surface area contributed by atoms with E-state index >= 15 is 0 Å². The first-order valence-electron chi connectivity index (χ1n) is 25.5. The van der Waals surface area contributed by atoms with E-state index in [4.69, 9.17) is 4.74 Å². The van der Waals surface area contributed by atoms with Gasteiger partial charge >= 0.3 is 6.09 Å². The van der Waals surface area contributed by atoms with Crippen LogP contribution in [0, 0.1) is 13.8 Å². The summed E-state index contributed by atoms with van der Waals surface area (Å²) in [6.07, 6.45) is 3.50. The molecule has 0 atom stereocenters. The van der Waals surface area contributed by atoms with Crippen molar-refractivity contribution in [3.05, 3.63) is 166 Å². The monoisotopic (exact) mass is 1080 g/mol. The molecule has 20 heteroatoms. The average molecular weight is 1080 g/mol. The van der Waals surface area contributed by atoms with Gasteiger partial charge in [0.25, 0.3) is 24.7 Å². The highest BCUT2D eigenvalue weighted by molar-refractivity contribution is 6.12. The van der Waals surface area contributed by atoms with Crippen molar-refractivity contribution in [2.75, 3.05) is 23.3 Å². The first kappa shape index (κ1) is 54.7. The summed E-state index contributed by atoms with van der Waals surface area (Å²) in [5.74, 6) is -1.77. The van der Waals surface area contributed by atoms with Gasteiger partial charge in [-0.05, 0) is 132 Å². The lowest BCUT2D eigenvalue weighted by Gasteiger charge is -2.27.